The van der Waals surface area contributed by atoms with Gasteiger partial charge in [0.25, 0.3) is 0 Å². The third-order valence-corrected chi connectivity index (χ3v) is 4.86. The third-order valence-electron chi connectivity index (χ3n) is 3.48. The van der Waals surface area contributed by atoms with Gasteiger partial charge in [-0.15, -0.1) is 0 Å². The molecule has 2 nitrogen and oxygen atoms in total. The molecule has 3 heteroatoms. The molecule has 0 bridgehead atoms. The zero-order valence-corrected chi connectivity index (χ0v) is 11.7. The Labute approximate surface area is 99.0 Å². The van der Waals surface area contributed by atoms with Gasteiger partial charge in [-0.2, -0.15) is 11.8 Å². The van der Waals surface area contributed by atoms with Gasteiger partial charge in [0.2, 0.25) is 0 Å². The van der Waals surface area contributed by atoms with E-state index in [1.807, 2.05) is 0 Å². The van der Waals surface area contributed by atoms with Crippen molar-refractivity contribution in [1.82, 2.24) is 4.90 Å². The lowest BCUT2D eigenvalue weighted by Crippen LogP contribution is -2.57. The number of hydrogen-bond donors (Lipinski definition) is 1. The fraction of sp³-hybridized carbons (Fsp3) is 1.00. The minimum absolute atomic E-state index is 0.234. The van der Waals surface area contributed by atoms with Crippen molar-refractivity contribution in [3.05, 3.63) is 0 Å². The van der Waals surface area contributed by atoms with Gasteiger partial charge in [-0.05, 0) is 24.6 Å². The minimum Gasteiger partial charge on any atom is -0.329 e. The van der Waals surface area contributed by atoms with E-state index in [-0.39, 0.29) is 5.54 Å². The maximum Gasteiger partial charge on any atom is 0.0452 e. The molecule has 0 saturated carbocycles. The van der Waals surface area contributed by atoms with Crippen molar-refractivity contribution in [2.45, 2.75) is 44.9 Å². The van der Waals surface area contributed by atoms with E-state index >= 15 is 0 Å². The number of hydrogen-bond acceptors (Lipinski definition) is 3. The van der Waals surface area contributed by atoms with E-state index in [0.29, 0.717) is 10.7 Å². The molecule has 1 heterocycles. The van der Waals surface area contributed by atoms with Gasteiger partial charge >= 0.3 is 0 Å². The first-order valence-electron chi connectivity index (χ1n) is 5.85. The van der Waals surface area contributed by atoms with Gasteiger partial charge in [-0.25, -0.2) is 0 Å². The highest BCUT2D eigenvalue weighted by Gasteiger charge is 2.43. The zero-order valence-electron chi connectivity index (χ0n) is 10.8. The summed E-state index contributed by atoms with van der Waals surface area (Å²) in [5, 5.41) is 0.662. The molecule has 1 aliphatic rings. The molecule has 15 heavy (non-hydrogen) atoms. The van der Waals surface area contributed by atoms with Crippen molar-refractivity contribution in [3.8, 4) is 0 Å². The fourth-order valence-corrected chi connectivity index (χ4v) is 4.09. The van der Waals surface area contributed by atoms with Gasteiger partial charge in [0.15, 0.2) is 0 Å². The summed E-state index contributed by atoms with van der Waals surface area (Å²) < 4.78 is 0. The van der Waals surface area contributed by atoms with Crippen LogP contribution in [-0.4, -0.2) is 41.6 Å². The standard InChI is InChI=1S/C12H26N2S/c1-10-12(8-13,6-7-15-10)14(5)9-11(2,3)4/h10H,6-9,13H2,1-5H3. The highest BCUT2D eigenvalue weighted by atomic mass is 32.2. The van der Waals surface area contributed by atoms with Crippen LogP contribution in [0.1, 0.15) is 34.1 Å². The summed E-state index contributed by atoms with van der Waals surface area (Å²) in [4.78, 5) is 2.50. The van der Waals surface area contributed by atoms with E-state index in [1.54, 1.807) is 0 Å². The summed E-state index contributed by atoms with van der Waals surface area (Å²) in [7, 11) is 2.24. The predicted octanol–water partition coefficient (Wildman–Crippen LogP) is 2.19. The molecule has 1 rings (SSSR count). The van der Waals surface area contributed by atoms with Crippen LogP contribution in [-0.2, 0) is 0 Å². The number of rotatable bonds is 3. The van der Waals surface area contributed by atoms with Crippen LogP contribution in [0.5, 0.6) is 0 Å². The molecule has 1 saturated heterocycles. The van der Waals surface area contributed by atoms with Crippen LogP contribution in [0.2, 0.25) is 0 Å². The smallest absolute Gasteiger partial charge is 0.0452 e. The molecule has 90 valence electrons. The molecule has 0 aliphatic carbocycles. The van der Waals surface area contributed by atoms with Crippen LogP contribution in [0.3, 0.4) is 0 Å². The maximum atomic E-state index is 6.02. The van der Waals surface area contributed by atoms with E-state index in [2.05, 4.69) is 51.4 Å². The summed E-state index contributed by atoms with van der Waals surface area (Å²) in [6, 6.07) is 0. The van der Waals surface area contributed by atoms with Crippen LogP contribution in [0.25, 0.3) is 0 Å². The molecule has 0 spiro atoms. The summed E-state index contributed by atoms with van der Waals surface area (Å²) in [6.45, 7) is 11.1. The van der Waals surface area contributed by atoms with Crippen LogP contribution in [0.4, 0.5) is 0 Å². The number of nitrogens with two attached hydrogens (primary N) is 1. The Bertz CT molecular complexity index is 212. The molecule has 1 aliphatic heterocycles. The average Bonchev–Trinajstić information content (AvgIpc) is 2.44. The zero-order chi connectivity index (χ0) is 11.7. The van der Waals surface area contributed by atoms with Crippen molar-refractivity contribution in [2.75, 3.05) is 25.9 Å². The molecule has 2 N–H and O–H groups in total. The normalized spacial score (nSPS) is 32.6. The molecule has 2 unspecified atom stereocenters. The predicted molar refractivity (Wildman–Crippen MR) is 70.4 cm³/mol. The van der Waals surface area contributed by atoms with E-state index < -0.39 is 0 Å². The highest BCUT2D eigenvalue weighted by molar-refractivity contribution is 8.00. The topological polar surface area (TPSA) is 29.3 Å². The Kier molecular flexibility index (Phi) is 4.13. The van der Waals surface area contributed by atoms with Crippen molar-refractivity contribution in [1.29, 1.82) is 0 Å². The molecule has 0 aromatic carbocycles. The molecular weight excluding hydrogens is 204 g/mol. The fourth-order valence-electron chi connectivity index (χ4n) is 2.56. The third kappa shape index (κ3) is 2.89. The average molecular weight is 230 g/mol. The van der Waals surface area contributed by atoms with Crippen LogP contribution >= 0.6 is 11.8 Å². The summed E-state index contributed by atoms with van der Waals surface area (Å²) in [5.41, 5.74) is 6.61. The van der Waals surface area contributed by atoms with E-state index in [1.165, 1.54) is 12.2 Å². The SMILES string of the molecule is CC1SCCC1(CN)N(C)CC(C)(C)C. The quantitative estimate of drug-likeness (QED) is 0.806. The van der Waals surface area contributed by atoms with Crippen molar-refractivity contribution < 1.29 is 0 Å². The molecule has 1 fully saturated rings. The minimum atomic E-state index is 0.234. The Morgan fingerprint density at radius 1 is 1.47 bits per heavy atom. The van der Waals surface area contributed by atoms with Gasteiger partial charge in [-0.3, -0.25) is 4.90 Å². The maximum absolute atomic E-state index is 6.02. The van der Waals surface area contributed by atoms with Crippen LogP contribution in [0, 0.1) is 5.41 Å². The van der Waals surface area contributed by atoms with Gasteiger partial charge in [0.1, 0.15) is 0 Å². The molecule has 0 radical (unpaired) electrons. The van der Waals surface area contributed by atoms with Gasteiger partial charge in [-0.1, -0.05) is 27.7 Å². The van der Waals surface area contributed by atoms with Gasteiger partial charge < -0.3 is 5.73 Å². The van der Waals surface area contributed by atoms with Gasteiger partial charge in [0, 0.05) is 23.9 Å². The first-order valence-corrected chi connectivity index (χ1v) is 6.90. The van der Waals surface area contributed by atoms with E-state index in [9.17, 15) is 0 Å². The van der Waals surface area contributed by atoms with E-state index in [0.717, 1.165) is 13.1 Å². The molecule has 0 amide bonds. The Morgan fingerprint density at radius 3 is 2.40 bits per heavy atom. The lowest BCUT2D eigenvalue weighted by Gasteiger charge is -2.43. The lowest BCUT2D eigenvalue weighted by atomic mass is 9.87. The van der Waals surface area contributed by atoms with Crippen LogP contribution in [0.15, 0.2) is 0 Å². The summed E-state index contributed by atoms with van der Waals surface area (Å²) in [5.74, 6) is 1.26. The Hall–Kier alpha value is 0.270. The molecule has 0 aromatic rings. The monoisotopic (exact) mass is 230 g/mol. The van der Waals surface area contributed by atoms with Crippen LogP contribution < -0.4 is 5.73 Å². The Balaban J connectivity index is 2.73. The summed E-state index contributed by atoms with van der Waals surface area (Å²) >= 11 is 2.06. The number of nitrogens with zero attached hydrogens (tertiary/aromatic N) is 1. The first kappa shape index (κ1) is 13.3. The van der Waals surface area contributed by atoms with Crippen molar-refractivity contribution >= 4 is 11.8 Å². The molecule has 2 atom stereocenters. The van der Waals surface area contributed by atoms with Gasteiger partial charge in [0.05, 0.1) is 0 Å². The second kappa shape index (κ2) is 4.64. The number of thioether (sulfide) groups is 1. The van der Waals surface area contributed by atoms with Crippen molar-refractivity contribution in [3.63, 3.8) is 0 Å². The highest BCUT2D eigenvalue weighted by Crippen LogP contribution is 2.39. The second-order valence-electron chi connectivity index (χ2n) is 5.99. The largest absolute Gasteiger partial charge is 0.329 e. The summed E-state index contributed by atoms with van der Waals surface area (Å²) in [6.07, 6.45) is 1.24. The first-order chi connectivity index (χ1) is 6.82. The molecular formula is C12H26N2S. The molecule has 0 aromatic heterocycles. The van der Waals surface area contributed by atoms with E-state index in [4.69, 9.17) is 5.73 Å². The van der Waals surface area contributed by atoms with Crippen molar-refractivity contribution in [2.24, 2.45) is 11.1 Å². The second-order valence-corrected chi connectivity index (χ2v) is 7.44. The number of likely N-dealkylation sites (N-methyl/N-ethyl adjacent to an activating group) is 1. The lowest BCUT2D eigenvalue weighted by molar-refractivity contribution is 0.0895. The Morgan fingerprint density at radius 2 is 2.07 bits per heavy atom.